The highest BCUT2D eigenvalue weighted by atomic mass is 32.1. The summed E-state index contributed by atoms with van der Waals surface area (Å²) >= 11 is 5.13. The summed E-state index contributed by atoms with van der Waals surface area (Å²) in [4.78, 5) is 0. The van der Waals surface area contributed by atoms with Gasteiger partial charge in [0.2, 0.25) is 0 Å². The van der Waals surface area contributed by atoms with E-state index in [2.05, 4.69) is 27.4 Å². The maximum Gasteiger partial charge on any atom is 0.195 e. The van der Waals surface area contributed by atoms with E-state index in [1.54, 1.807) is 10.9 Å². The number of aromatic nitrogens is 6. The van der Waals surface area contributed by atoms with Crippen LogP contribution in [0.1, 0.15) is 12.7 Å². The van der Waals surface area contributed by atoms with Crippen molar-refractivity contribution in [1.82, 2.24) is 29.8 Å². The molecule has 7 heteroatoms. The van der Waals surface area contributed by atoms with Gasteiger partial charge in [-0.1, -0.05) is 12.1 Å². The SMILES string of the molecule is CCc1n[nH]c(=S)n1CCn1ccnn1. The van der Waals surface area contributed by atoms with E-state index in [1.165, 1.54) is 0 Å². The van der Waals surface area contributed by atoms with Crippen molar-refractivity contribution in [3.8, 4) is 0 Å². The van der Waals surface area contributed by atoms with E-state index in [-0.39, 0.29) is 0 Å². The molecule has 0 amide bonds. The van der Waals surface area contributed by atoms with Crippen LogP contribution in [0.25, 0.3) is 0 Å². The standard InChI is InChI=1S/C8H12N6S/c1-2-7-10-11-8(15)14(7)6-5-13-4-3-9-12-13/h3-4H,2,5-6H2,1H3,(H,11,15). The van der Waals surface area contributed by atoms with Crippen molar-refractivity contribution >= 4 is 12.2 Å². The lowest BCUT2D eigenvalue weighted by molar-refractivity contribution is 0.506. The van der Waals surface area contributed by atoms with Crippen molar-refractivity contribution in [3.05, 3.63) is 23.0 Å². The summed E-state index contributed by atoms with van der Waals surface area (Å²) < 4.78 is 4.41. The molecule has 0 aliphatic heterocycles. The molecule has 2 aromatic rings. The van der Waals surface area contributed by atoms with E-state index in [9.17, 15) is 0 Å². The maximum absolute atomic E-state index is 5.13. The second kappa shape index (κ2) is 4.35. The number of nitrogens with one attached hydrogen (secondary N) is 1. The molecule has 0 saturated carbocycles. The Bertz CT molecular complexity index is 468. The van der Waals surface area contributed by atoms with Crippen LogP contribution in [0, 0.1) is 4.77 Å². The number of nitrogens with zero attached hydrogens (tertiary/aromatic N) is 5. The van der Waals surface area contributed by atoms with Crippen LogP contribution in [0.3, 0.4) is 0 Å². The van der Waals surface area contributed by atoms with E-state index in [0.29, 0.717) is 4.77 Å². The summed E-state index contributed by atoms with van der Waals surface area (Å²) in [6.07, 6.45) is 4.36. The van der Waals surface area contributed by atoms with Crippen LogP contribution in [0.4, 0.5) is 0 Å². The van der Waals surface area contributed by atoms with E-state index in [1.807, 2.05) is 10.8 Å². The molecular formula is C8H12N6S. The Morgan fingerprint density at radius 1 is 1.47 bits per heavy atom. The zero-order chi connectivity index (χ0) is 10.7. The fourth-order valence-electron chi connectivity index (χ4n) is 1.41. The molecule has 0 aliphatic carbocycles. The summed E-state index contributed by atoms with van der Waals surface area (Å²) in [6.45, 7) is 3.57. The van der Waals surface area contributed by atoms with Crippen molar-refractivity contribution in [3.63, 3.8) is 0 Å². The van der Waals surface area contributed by atoms with Gasteiger partial charge in [-0.15, -0.1) is 5.10 Å². The number of aryl methyl sites for hydroxylation is 2. The molecule has 0 unspecified atom stereocenters. The first-order valence-corrected chi connectivity index (χ1v) is 5.20. The molecule has 1 N–H and O–H groups in total. The lowest BCUT2D eigenvalue weighted by atomic mass is 10.4. The fourth-order valence-corrected chi connectivity index (χ4v) is 1.65. The molecule has 2 heterocycles. The average Bonchev–Trinajstić information content (AvgIpc) is 2.84. The summed E-state index contributed by atoms with van der Waals surface area (Å²) in [5.74, 6) is 0.972. The van der Waals surface area contributed by atoms with E-state index in [0.717, 1.165) is 25.3 Å². The van der Waals surface area contributed by atoms with Crippen molar-refractivity contribution < 1.29 is 0 Å². The Morgan fingerprint density at radius 3 is 3.00 bits per heavy atom. The number of H-pyrrole nitrogens is 1. The van der Waals surface area contributed by atoms with Gasteiger partial charge in [0.1, 0.15) is 5.82 Å². The molecule has 0 saturated heterocycles. The molecule has 2 aromatic heterocycles. The van der Waals surface area contributed by atoms with Crippen LogP contribution in [0.5, 0.6) is 0 Å². The van der Waals surface area contributed by atoms with E-state index < -0.39 is 0 Å². The van der Waals surface area contributed by atoms with Crippen molar-refractivity contribution in [1.29, 1.82) is 0 Å². The minimum absolute atomic E-state index is 0.659. The predicted molar refractivity (Wildman–Crippen MR) is 56.8 cm³/mol. The zero-order valence-corrected chi connectivity index (χ0v) is 9.24. The molecule has 0 radical (unpaired) electrons. The molecule has 15 heavy (non-hydrogen) atoms. The molecule has 0 spiro atoms. The van der Waals surface area contributed by atoms with Gasteiger partial charge in [0.05, 0.1) is 12.7 Å². The van der Waals surface area contributed by atoms with Crippen LogP contribution < -0.4 is 0 Å². The summed E-state index contributed by atoms with van der Waals surface area (Å²) in [7, 11) is 0. The molecule has 2 rings (SSSR count). The molecule has 0 aromatic carbocycles. The number of rotatable bonds is 4. The number of hydrogen-bond donors (Lipinski definition) is 1. The van der Waals surface area contributed by atoms with Gasteiger partial charge in [0.25, 0.3) is 0 Å². The van der Waals surface area contributed by atoms with Gasteiger partial charge >= 0.3 is 0 Å². The molecule has 6 nitrogen and oxygen atoms in total. The van der Waals surface area contributed by atoms with Crippen LogP contribution in [-0.2, 0) is 19.5 Å². The van der Waals surface area contributed by atoms with E-state index >= 15 is 0 Å². The van der Waals surface area contributed by atoms with Gasteiger partial charge in [-0.05, 0) is 12.2 Å². The summed E-state index contributed by atoms with van der Waals surface area (Å²) in [5.41, 5.74) is 0. The summed E-state index contributed by atoms with van der Waals surface area (Å²) in [5, 5.41) is 14.6. The molecular weight excluding hydrogens is 212 g/mol. The Morgan fingerprint density at radius 2 is 2.33 bits per heavy atom. The van der Waals surface area contributed by atoms with Gasteiger partial charge in [0, 0.05) is 19.2 Å². The minimum atomic E-state index is 0.659. The molecule has 0 atom stereocenters. The summed E-state index contributed by atoms with van der Waals surface area (Å²) in [6, 6.07) is 0. The topological polar surface area (TPSA) is 64.3 Å². The number of aromatic amines is 1. The Balaban J connectivity index is 2.10. The third kappa shape index (κ3) is 2.12. The van der Waals surface area contributed by atoms with Gasteiger partial charge < -0.3 is 4.57 Å². The first-order valence-electron chi connectivity index (χ1n) is 4.79. The fraction of sp³-hybridized carbons (Fsp3) is 0.500. The largest absolute Gasteiger partial charge is 0.302 e. The van der Waals surface area contributed by atoms with E-state index in [4.69, 9.17) is 12.2 Å². The second-order valence-electron chi connectivity index (χ2n) is 3.12. The normalized spacial score (nSPS) is 10.7. The molecule has 0 aliphatic rings. The number of hydrogen-bond acceptors (Lipinski definition) is 4. The van der Waals surface area contributed by atoms with Crippen LogP contribution >= 0.6 is 12.2 Å². The zero-order valence-electron chi connectivity index (χ0n) is 8.42. The minimum Gasteiger partial charge on any atom is -0.302 e. The van der Waals surface area contributed by atoms with Crippen molar-refractivity contribution in [2.75, 3.05) is 0 Å². The van der Waals surface area contributed by atoms with Crippen LogP contribution in [-0.4, -0.2) is 29.8 Å². The van der Waals surface area contributed by atoms with Crippen LogP contribution in [0.2, 0.25) is 0 Å². The molecule has 0 fully saturated rings. The Labute approximate surface area is 91.9 Å². The lowest BCUT2D eigenvalue weighted by Crippen LogP contribution is -2.10. The molecule has 80 valence electrons. The maximum atomic E-state index is 5.13. The predicted octanol–water partition coefficient (Wildman–Crippen LogP) is 0.795. The third-order valence-corrected chi connectivity index (χ3v) is 2.49. The van der Waals surface area contributed by atoms with Gasteiger partial charge in [-0.2, -0.15) is 5.10 Å². The first-order chi connectivity index (χ1) is 7.31. The van der Waals surface area contributed by atoms with Gasteiger partial charge in [-0.25, -0.2) is 0 Å². The highest BCUT2D eigenvalue weighted by molar-refractivity contribution is 7.71. The second-order valence-corrected chi connectivity index (χ2v) is 3.50. The lowest BCUT2D eigenvalue weighted by Gasteiger charge is -2.04. The average molecular weight is 224 g/mol. The monoisotopic (exact) mass is 224 g/mol. The van der Waals surface area contributed by atoms with Gasteiger partial charge in [0.15, 0.2) is 4.77 Å². The quantitative estimate of drug-likeness (QED) is 0.780. The van der Waals surface area contributed by atoms with Crippen molar-refractivity contribution in [2.24, 2.45) is 0 Å². The Kier molecular flexibility index (Phi) is 2.91. The smallest absolute Gasteiger partial charge is 0.195 e. The molecule has 0 bridgehead atoms. The van der Waals surface area contributed by atoms with Gasteiger partial charge in [-0.3, -0.25) is 9.78 Å². The third-order valence-electron chi connectivity index (χ3n) is 2.18. The Hall–Kier alpha value is -1.50. The van der Waals surface area contributed by atoms with Crippen molar-refractivity contribution in [2.45, 2.75) is 26.4 Å². The highest BCUT2D eigenvalue weighted by Gasteiger charge is 2.03. The first kappa shape index (κ1) is 10.0. The highest BCUT2D eigenvalue weighted by Crippen LogP contribution is 1.99. The van der Waals surface area contributed by atoms with Crippen LogP contribution in [0.15, 0.2) is 12.4 Å².